The lowest BCUT2D eigenvalue weighted by molar-refractivity contribution is 0.984. The number of para-hydroxylation sites is 8. The fourth-order valence-corrected chi connectivity index (χ4v) is 13.0. The fraction of sp³-hybridized carbons (Fsp3) is 0.0250. The maximum Gasteiger partial charge on any atom is 0.0468 e. The zero-order valence-corrected chi connectivity index (χ0v) is 46.3. The minimum Gasteiger partial charge on any atom is -0.310 e. The molecular weight excluding hydrogens is 1020 g/mol. The maximum absolute atomic E-state index is 2.42. The molecule has 0 heterocycles. The summed E-state index contributed by atoms with van der Waals surface area (Å²) in [6.45, 7) is 0. The Morgan fingerprint density at radius 1 is 0.155 bits per heavy atom. The predicted molar refractivity (Wildman–Crippen MR) is 351 cm³/mol. The van der Waals surface area contributed by atoms with Crippen LogP contribution < -0.4 is 19.6 Å². The Morgan fingerprint density at radius 3 is 0.488 bits per heavy atom. The van der Waals surface area contributed by atoms with Crippen molar-refractivity contribution >= 4 is 68.2 Å². The first-order valence-electron chi connectivity index (χ1n) is 29.0. The van der Waals surface area contributed by atoms with Crippen molar-refractivity contribution in [2.75, 3.05) is 19.6 Å². The molecule has 13 aromatic rings. The number of anilines is 12. The molecule has 0 saturated heterocycles. The molecule has 0 atom stereocenters. The molecule has 0 fully saturated rings. The molecule has 13 aromatic carbocycles. The van der Waals surface area contributed by atoms with E-state index in [4.69, 9.17) is 0 Å². The van der Waals surface area contributed by atoms with Gasteiger partial charge in [-0.3, -0.25) is 0 Å². The van der Waals surface area contributed by atoms with Crippen LogP contribution >= 0.6 is 0 Å². The van der Waals surface area contributed by atoms with Gasteiger partial charge in [-0.2, -0.15) is 0 Å². The van der Waals surface area contributed by atoms with E-state index >= 15 is 0 Å². The molecule has 2 aliphatic rings. The third kappa shape index (κ3) is 9.17. The molecule has 398 valence electrons. The standard InChI is InChI=1S/C80H58N4/c1-9-25-59(26-10-1)81(60-27-11-2-12-28-60)67-45-49-71-75(53-67)76-54-68(82(61-29-13-3-14-30-61)62-31-15-4-16-32-62)46-50-72(76)79(71)57-41-43-58(44-42-57)80-73-51-47-69(83(63-33-17-5-18-34-63)64-35-19-6-20-36-64)55-77(73)78-56-70(48-52-74(78)80)84(65-37-21-7-22-38-65)66-39-23-8-24-40-66/h1-56,79-80H. The summed E-state index contributed by atoms with van der Waals surface area (Å²) in [7, 11) is 0. The third-order valence-corrected chi connectivity index (χ3v) is 16.7. The monoisotopic (exact) mass is 1070 g/mol. The van der Waals surface area contributed by atoms with E-state index in [0.717, 1.165) is 68.2 Å². The molecule has 0 aliphatic heterocycles. The zero-order chi connectivity index (χ0) is 55.8. The predicted octanol–water partition coefficient (Wildman–Crippen LogP) is 21.9. The van der Waals surface area contributed by atoms with Gasteiger partial charge in [-0.15, -0.1) is 0 Å². The van der Waals surface area contributed by atoms with Gasteiger partial charge in [0.25, 0.3) is 0 Å². The van der Waals surface area contributed by atoms with E-state index in [9.17, 15) is 0 Å². The average molecular weight is 1080 g/mol. The number of benzene rings is 13. The maximum atomic E-state index is 2.42. The van der Waals surface area contributed by atoms with Gasteiger partial charge in [0, 0.05) is 80.1 Å². The Hall–Kier alpha value is -10.9. The first-order chi connectivity index (χ1) is 41.7. The van der Waals surface area contributed by atoms with Gasteiger partial charge in [-0.1, -0.05) is 194 Å². The lowest BCUT2D eigenvalue weighted by Gasteiger charge is -2.27. The quantitative estimate of drug-likeness (QED) is 0.108. The van der Waals surface area contributed by atoms with Gasteiger partial charge in [0.2, 0.25) is 0 Å². The molecular formula is C80H58N4. The van der Waals surface area contributed by atoms with E-state index in [1.807, 2.05) is 0 Å². The molecule has 15 rings (SSSR count). The second-order valence-corrected chi connectivity index (χ2v) is 21.6. The van der Waals surface area contributed by atoms with E-state index in [2.05, 4.69) is 359 Å². The Morgan fingerprint density at radius 2 is 0.321 bits per heavy atom. The lowest BCUT2D eigenvalue weighted by Crippen LogP contribution is -2.10. The van der Waals surface area contributed by atoms with Crippen LogP contribution in [0.3, 0.4) is 0 Å². The lowest BCUT2D eigenvalue weighted by atomic mass is 9.85. The van der Waals surface area contributed by atoms with Gasteiger partial charge in [0.15, 0.2) is 0 Å². The Balaban J connectivity index is 0.870. The van der Waals surface area contributed by atoms with Crippen molar-refractivity contribution in [1.82, 2.24) is 0 Å². The highest BCUT2D eigenvalue weighted by Gasteiger charge is 2.35. The molecule has 0 unspecified atom stereocenters. The van der Waals surface area contributed by atoms with Crippen LogP contribution in [0.4, 0.5) is 68.2 Å². The molecule has 0 amide bonds. The molecule has 4 heteroatoms. The van der Waals surface area contributed by atoms with Crippen LogP contribution in [-0.2, 0) is 0 Å². The Bertz CT molecular complexity index is 3700. The molecule has 0 aromatic heterocycles. The van der Waals surface area contributed by atoms with Crippen molar-refractivity contribution in [1.29, 1.82) is 0 Å². The summed E-state index contributed by atoms with van der Waals surface area (Å²) < 4.78 is 0. The molecule has 0 radical (unpaired) electrons. The molecule has 4 nitrogen and oxygen atoms in total. The van der Waals surface area contributed by atoms with Crippen molar-refractivity contribution in [3.63, 3.8) is 0 Å². The number of hydrogen-bond acceptors (Lipinski definition) is 4. The topological polar surface area (TPSA) is 13.0 Å². The van der Waals surface area contributed by atoms with Crippen molar-refractivity contribution in [3.8, 4) is 22.3 Å². The minimum absolute atomic E-state index is 0.00753. The van der Waals surface area contributed by atoms with Crippen LogP contribution in [0, 0.1) is 0 Å². The molecule has 0 bridgehead atoms. The van der Waals surface area contributed by atoms with Gasteiger partial charge in [0.05, 0.1) is 0 Å². The molecule has 2 aliphatic carbocycles. The van der Waals surface area contributed by atoms with E-state index in [0.29, 0.717) is 0 Å². The second-order valence-electron chi connectivity index (χ2n) is 21.6. The summed E-state index contributed by atoms with van der Waals surface area (Å²) in [6.07, 6.45) is 0. The van der Waals surface area contributed by atoms with E-state index < -0.39 is 0 Å². The van der Waals surface area contributed by atoms with Crippen LogP contribution in [0.2, 0.25) is 0 Å². The Labute approximate surface area is 492 Å². The number of nitrogens with zero attached hydrogens (tertiary/aromatic N) is 4. The van der Waals surface area contributed by atoms with Crippen LogP contribution in [0.5, 0.6) is 0 Å². The molecule has 0 saturated carbocycles. The van der Waals surface area contributed by atoms with Crippen LogP contribution in [0.25, 0.3) is 22.3 Å². The number of rotatable bonds is 14. The first kappa shape index (κ1) is 50.1. The fourth-order valence-electron chi connectivity index (χ4n) is 13.0. The van der Waals surface area contributed by atoms with Gasteiger partial charge < -0.3 is 19.6 Å². The van der Waals surface area contributed by atoms with Crippen LogP contribution in [0.1, 0.15) is 45.2 Å². The van der Waals surface area contributed by atoms with Crippen molar-refractivity contribution in [2.45, 2.75) is 11.8 Å². The van der Waals surface area contributed by atoms with E-state index in [1.165, 1.54) is 55.6 Å². The highest BCUT2D eigenvalue weighted by atomic mass is 15.2. The SMILES string of the molecule is c1ccc(N(c2ccccc2)c2ccc3c(c2)-c2cc(N(c4ccccc4)c4ccccc4)ccc2C3c2ccc(C3c4ccc(N(c5ccccc5)c5ccccc5)cc4-c4cc(N(c5ccccc5)c5ccccc5)ccc43)cc2)cc1. The zero-order valence-electron chi connectivity index (χ0n) is 46.3. The third-order valence-electron chi connectivity index (χ3n) is 16.7. The normalized spacial score (nSPS) is 12.2. The van der Waals surface area contributed by atoms with Crippen LogP contribution in [0.15, 0.2) is 340 Å². The highest BCUT2D eigenvalue weighted by Crippen LogP contribution is 2.55. The summed E-state index contributed by atoms with van der Waals surface area (Å²) in [4.78, 5) is 9.49. The summed E-state index contributed by atoms with van der Waals surface area (Å²) in [5.41, 5.74) is 26.0. The smallest absolute Gasteiger partial charge is 0.0468 e. The first-order valence-corrected chi connectivity index (χ1v) is 29.0. The summed E-state index contributed by atoms with van der Waals surface area (Å²) >= 11 is 0. The Kier molecular flexibility index (Phi) is 13.0. The molecule has 0 spiro atoms. The molecule has 84 heavy (non-hydrogen) atoms. The summed E-state index contributed by atoms with van der Waals surface area (Å²) in [6, 6.07) is 124. The highest BCUT2D eigenvalue weighted by molar-refractivity contribution is 5.92. The average Bonchev–Trinajstić information content (AvgIpc) is 2.18. The van der Waals surface area contributed by atoms with Gasteiger partial charge >= 0.3 is 0 Å². The van der Waals surface area contributed by atoms with Gasteiger partial charge in [0.1, 0.15) is 0 Å². The van der Waals surface area contributed by atoms with Crippen LogP contribution in [-0.4, -0.2) is 0 Å². The summed E-state index contributed by atoms with van der Waals surface area (Å²) in [5, 5.41) is 0. The largest absolute Gasteiger partial charge is 0.310 e. The van der Waals surface area contributed by atoms with Crippen molar-refractivity contribution < 1.29 is 0 Å². The van der Waals surface area contributed by atoms with E-state index in [1.54, 1.807) is 0 Å². The van der Waals surface area contributed by atoms with Crippen molar-refractivity contribution in [2.24, 2.45) is 0 Å². The van der Waals surface area contributed by atoms with Gasteiger partial charge in [-0.05, 0) is 201 Å². The second kappa shape index (κ2) is 21.8. The van der Waals surface area contributed by atoms with Gasteiger partial charge in [-0.25, -0.2) is 0 Å². The van der Waals surface area contributed by atoms with Crippen molar-refractivity contribution in [3.05, 3.63) is 373 Å². The minimum atomic E-state index is 0.00753. The van der Waals surface area contributed by atoms with E-state index in [-0.39, 0.29) is 11.8 Å². The molecule has 0 N–H and O–H groups in total. The summed E-state index contributed by atoms with van der Waals surface area (Å²) in [5.74, 6) is 0.0151. The number of fused-ring (bicyclic) bond motifs is 6. The number of hydrogen-bond donors (Lipinski definition) is 0.